The molecule has 0 spiro atoms. The number of hydrogen-bond acceptors (Lipinski definition) is 3. The average Bonchev–Trinajstić information content (AvgIpc) is 2.39. The van der Waals surface area contributed by atoms with Crippen molar-refractivity contribution in [1.82, 2.24) is 5.32 Å². The maximum atomic E-state index is 13.2. The average molecular weight is 304 g/mol. The van der Waals surface area contributed by atoms with Gasteiger partial charge in [0.15, 0.2) is 17.5 Å². The number of amides is 3. The molecule has 0 saturated carbocycles. The van der Waals surface area contributed by atoms with E-state index < -0.39 is 41.0 Å². The Balaban J connectivity index is 2.52. The van der Waals surface area contributed by atoms with Crippen LogP contribution in [0.5, 0.6) is 0 Å². The molecule has 0 unspecified atom stereocenters. The van der Waals surface area contributed by atoms with E-state index in [0.717, 1.165) is 6.07 Å². The molecule has 0 aliphatic carbocycles. The summed E-state index contributed by atoms with van der Waals surface area (Å²) in [5.74, 6) is -6.62. The third kappa shape index (κ3) is 5.13. The minimum Gasteiger partial charge on any atom is -0.481 e. The molecule has 1 aromatic carbocycles. The van der Waals surface area contributed by atoms with Crippen LogP contribution in [0.2, 0.25) is 0 Å². The lowest BCUT2D eigenvalue weighted by molar-refractivity contribution is -0.137. The van der Waals surface area contributed by atoms with Crippen LogP contribution < -0.4 is 10.6 Å². The number of carboxylic acids is 1. The molecule has 114 valence electrons. The van der Waals surface area contributed by atoms with Gasteiger partial charge in [-0.3, -0.25) is 14.9 Å². The Morgan fingerprint density at radius 3 is 2.33 bits per heavy atom. The van der Waals surface area contributed by atoms with E-state index in [9.17, 15) is 27.6 Å². The number of imide groups is 1. The molecule has 0 aliphatic heterocycles. The Kier molecular flexibility index (Phi) is 5.70. The van der Waals surface area contributed by atoms with Crippen LogP contribution in [0.3, 0.4) is 0 Å². The van der Waals surface area contributed by atoms with Gasteiger partial charge in [-0.1, -0.05) is 0 Å². The highest BCUT2D eigenvalue weighted by Gasteiger charge is 2.16. The van der Waals surface area contributed by atoms with Gasteiger partial charge in [0, 0.05) is 12.8 Å². The molecule has 0 aliphatic rings. The molecule has 1 rings (SSSR count). The number of aliphatic carboxylic acids is 1. The van der Waals surface area contributed by atoms with Crippen LogP contribution in [-0.4, -0.2) is 23.0 Å². The van der Waals surface area contributed by atoms with Crippen LogP contribution in [0.4, 0.5) is 23.7 Å². The van der Waals surface area contributed by atoms with Crippen molar-refractivity contribution in [2.45, 2.75) is 19.3 Å². The van der Waals surface area contributed by atoms with Crippen molar-refractivity contribution >= 4 is 23.6 Å². The maximum absolute atomic E-state index is 13.2. The number of anilines is 1. The van der Waals surface area contributed by atoms with Gasteiger partial charge in [0.2, 0.25) is 5.91 Å². The van der Waals surface area contributed by atoms with Gasteiger partial charge in [0.1, 0.15) is 0 Å². The van der Waals surface area contributed by atoms with Gasteiger partial charge in [-0.05, 0) is 18.6 Å². The minimum atomic E-state index is -1.75. The van der Waals surface area contributed by atoms with E-state index in [-0.39, 0.29) is 19.3 Å². The number of nitrogens with one attached hydrogen (secondary N) is 2. The topological polar surface area (TPSA) is 95.5 Å². The van der Waals surface area contributed by atoms with E-state index in [1.165, 1.54) is 0 Å². The lowest BCUT2D eigenvalue weighted by Gasteiger charge is -2.08. The van der Waals surface area contributed by atoms with Crippen LogP contribution in [0.25, 0.3) is 0 Å². The van der Waals surface area contributed by atoms with Crippen molar-refractivity contribution < 1.29 is 32.7 Å². The molecule has 0 bridgehead atoms. The molecular formula is C12H11F3N2O4. The maximum Gasteiger partial charge on any atom is 0.325 e. The van der Waals surface area contributed by atoms with E-state index >= 15 is 0 Å². The van der Waals surface area contributed by atoms with Crippen molar-refractivity contribution in [3.05, 3.63) is 29.6 Å². The number of halogens is 3. The molecule has 21 heavy (non-hydrogen) atoms. The fraction of sp³-hybridized carbons (Fsp3) is 0.250. The van der Waals surface area contributed by atoms with Gasteiger partial charge in [-0.25, -0.2) is 18.0 Å². The smallest absolute Gasteiger partial charge is 0.325 e. The van der Waals surface area contributed by atoms with Gasteiger partial charge in [0.05, 0.1) is 5.69 Å². The number of carbonyl (C=O) groups is 3. The zero-order valence-electron chi connectivity index (χ0n) is 10.6. The molecule has 1 aromatic rings. The third-order valence-electron chi connectivity index (χ3n) is 2.33. The van der Waals surface area contributed by atoms with Crippen LogP contribution in [0, 0.1) is 17.5 Å². The molecule has 9 heteroatoms. The highest BCUT2D eigenvalue weighted by Crippen LogP contribution is 2.19. The normalized spacial score (nSPS) is 10.0. The van der Waals surface area contributed by atoms with Crippen LogP contribution in [0.15, 0.2) is 12.1 Å². The van der Waals surface area contributed by atoms with Crippen molar-refractivity contribution in [2.75, 3.05) is 5.32 Å². The number of rotatable bonds is 5. The second kappa shape index (κ2) is 7.27. The number of carbonyl (C=O) groups excluding carboxylic acids is 2. The summed E-state index contributed by atoms with van der Waals surface area (Å²) in [7, 11) is 0. The van der Waals surface area contributed by atoms with E-state index in [4.69, 9.17) is 5.11 Å². The Bertz CT molecular complexity index is 578. The first-order chi connectivity index (χ1) is 9.81. The van der Waals surface area contributed by atoms with E-state index in [1.54, 1.807) is 5.32 Å². The molecule has 0 atom stereocenters. The fourth-order valence-electron chi connectivity index (χ4n) is 1.37. The van der Waals surface area contributed by atoms with Crippen molar-refractivity contribution in [1.29, 1.82) is 0 Å². The SMILES string of the molecule is O=C(O)CCCC(=O)NC(=O)Nc1ccc(F)c(F)c1F. The first kappa shape index (κ1) is 16.5. The zero-order chi connectivity index (χ0) is 16.0. The molecule has 0 aromatic heterocycles. The predicted octanol–water partition coefficient (Wildman–Crippen LogP) is 2.01. The zero-order valence-corrected chi connectivity index (χ0v) is 10.6. The Morgan fingerprint density at radius 1 is 1.05 bits per heavy atom. The van der Waals surface area contributed by atoms with Gasteiger partial charge >= 0.3 is 12.0 Å². The molecule has 3 amide bonds. The number of hydrogen-bond donors (Lipinski definition) is 3. The third-order valence-corrected chi connectivity index (χ3v) is 2.33. The molecule has 6 nitrogen and oxygen atoms in total. The van der Waals surface area contributed by atoms with E-state index in [2.05, 4.69) is 0 Å². The highest BCUT2D eigenvalue weighted by atomic mass is 19.2. The van der Waals surface area contributed by atoms with Crippen LogP contribution in [0.1, 0.15) is 19.3 Å². The number of carboxylic acid groups (broad SMARTS) is 1. The first-order valence-corrected chi connectivity index (χ1v) is 5.77. The van der Waals surface area contributed by atoms with Crippen molar-refractivity contribution in [3.8, 4) is 0 Å². The van der Waals surface area contributed by atoms with E-state index in [0.29, 0.717) is 6.07 Å². The lowest BCUT2D eigenvalue weighted by atomic mass is 10.2. The summed E-state index contributed by atoms with van der Waals surface area (Å²) in [5, 5.41) is 12.0. The summed E-state index contributed by atoms with van der Waals surface area (Å²) in [4.78, 5) is 32.8. The van der Waals surface area contributed by atoms with Crippen molar-refractivity contribution in [2.24, 2.45) is 0 Å². The first-order valence-electron chi connectivity index (χ1n) is 5.77. The summed E-state index contributed by atoms with van der Waals surface area (Å²) < 4.78 is 38.8. The molecule has 0 heterocycles. The monoisotopic (exact) mass is 304 g/mol. The Morgan fingerprint density at radius 2 is 1.71 bits per heavy atom. The Hall–Kier alpha value is -2.58. The lowest BCUT2D eigenvalue weighted by Crippen LogP contribution is -2.34. The summed E-state index contributed by atoms with van der Waals surface area (Å²) in [6.07, 6.45) is -0.444. The predicted molar refractivity (Wildman–Crippen MR) is 65.0 cm³/mol. The van der Waals surface area contributed by atoms with Crippen molar-refractivity contribution in [3.63, 3.8) is 0 Å². The molecule has 3 N–H and O–H groups in total. The van der Waals surface area contributed by atoms with Crippen LogP contribution in [-0.2, 0) is 9.59 Å². The summed E-state index contributed by atoms with van der Waals surface area (Å²) in [5.41, 5.74) is -0.635. The largest absolute Gasteiger partial charge is 0.481 e. The molecule has 0 radical (unpaired) electrons. The number of benzene rings is 1. The number of urea groups is 1. The van der Waals surface area contributed by atoms with Gasteiger partial charge in [-0.2, -0.15) is 0 Å². The second-order valence-electron chi connectivity index (χ2n) is 3.97. The fourth-order valence-corrected chi connectivity index (χ4v) is 1.37. The minimum absolute atomic E-state index is 0.0218. The second-order valence-corrected chi connectivity index (χ2v) is 3.97. The highest BCUT2D eigenvalue weighted by molar-refractivity contribution is 6.01. The molecular weight excluding hydrogens is 293 g/mol. The van der Waals surface area contributed by atoms with Gasteiger partial charge in [0.25, 0.3) is 0 Å². The summed E-state index contributed by atoms with van der Waals surface area (Å²) >= 11 is 0. The van der Waals surface area contributed by atoms with E-state index in [1.807, 2.05) is 5.32 Å². The standard InChI is InChI=1S/C12H11F3N2O4/c13-6-4-5-7(11(15)10(6)14)16-12(21)17-8(18)2-1-3-9(19)20/h4-5H,1-3H2,(H,19,20)(H2,16,17,18,21). The molecule has 0 saturated heterocycles. The summed E-state index contributed by atoms with van der Waals surface area (Å²) in [6, 6.07) is 0.269. The van der Waals surface area contributed by atoms with Gasteiger partial charge < -0.3 is 10.4 Å². The summed E-state index contributed by atoms with van der Waals surface area (Å²) in [6.45, 7) is 0. The molecule has 0 fully saturated rings. The quantitative estimate of drug-likeness (QED) is 0.725. The Labute approximate surface area is 116 Å². The van der Waals surface area contributed by atoms with Crippen LogP contribution >= 0.6 is 0 Å². The van der Waals surface area contributed by atoms with Gasteiger partial charge in [-0.15, -0.1) is 0 Å².